The van der Waals surface area contributed by atoms with Crippen LogP contribution in [0.15, 0.2) is 0 Å². The average molecular weight is 394 g/mol. The highest BCUT2D eigenvalue weighted by atomic mass is 19.3. The summed E-state index contributed by atoms with van der Waals surface area (Å²) in [4.78, 5) is 23.9. The zero-order valence-electron chi connectivity index (χ0n) is 15.3. The normalized spacial score (nSPS) is 15.5. The Balaban J connectivity index is 5.02. The maximum Gasteiger partial charge on any atom is 0.343 e. The SMILES string of the molecule is CCC(C)(CC(=O)OC(C)(C)C)C(=O)OCC(F)(F)C(F)(F)CC(F)F. The maximum absolute atomic E-state index is 13.4. The van der Waals surface area contributed by atoms with Crippen molar-refractivity contribution in [1.29, 1.82) is 0 Å². The van der Waals surface area contributed by atoms with E-state index in [1.807, 2.05) is 0 Å². The van der Waals surface area contributed by atoms with E-state index < -0.39 is 60.7 Å². The molecule has 154 valence electrons. The van der Waals surface area contributed by atoms with Crippen LogP contribution >= 0.6 is 0 Å². The summed E-state index contributed by atoms with van der Waals surface area (Å²) in [5.74, 6) is -12.1. The van der Waals surface area contributed by atoms with Crippen molar-refractivity contribution in [3.63, 3.8) is 0 Å². The third-order valence-electron chi connectivity index (χ3n) is 3.56. The minimum Gasteiger partial charge on any atom is -0.460 e. The van der Waals surface area contributed by atoms with E-state index in [2.05, 4.69) is 4.74 Å². The van der Waals surface area contributed by atoms with Crippen LogP contribution < -0.4 is 0 Å². The van der Waals surface area contributed by atoms with Crippen LogP contribution in [0, 0.1) is 5.41 Å². The van der Waals surface area contributed by atoms with E-state index in [0.717, 1.165) is 0 Å². The lowest BCUT2D eigenvalue weighted by Gasteiger charge is -2.30. The van der Waals surface area contributed by atoms with Gasteiger partial charge in [0.1, 0.15) is 5.60 Å². The second-order valence-corrected chi connectivity index (χ2v) is 7.26. The minimum absolute atomic E-state index is 0.0237. The molecule has 0 spiro atoms. The van der Waals surface area contributed by atoms with Crippen molar-refractivity contribution in [2.45, 2.75) is 77.8 Å². The van der Waals surface area contributed by atoms with Crippen molar-refractivity contribution in [1.82, 2.24) is 0 Å². The van der Waals surface area contributed by atoms with Gasteiger partial charge < -0.3 is 9.47 Å². The Morgan fingerprint density at radius 2 is 1.46 bits per heavy atom. The quantitative estimate of drug-likeness (QED) is 0.424. The molecule has 0 N–H and O–H groups in total. The highest BCUT2D eigenvalue weighted by molar-refractivity contribution is 5.83. The van der Waals surface area contributed by atoms with Gasteiger partial charge in [-0.2, -0.15) is 17.6 Å². The van der Waals surface area contributed by atoms with E-state index in [4.69, 9.17) is 4.74 Å². The third-order valence-corrected chi connectivity index (χ3v) is 3.56. The fourth-order valence-corrected chi connectivity index (χ4v) is 1.82. The summed E-state index contributed by atoms with van der Waals surface area (Å²) in [7, 11) is 0. The molecule has 0 saturated carbocycles. The topological polar surface area (TPSA) is 52.6 Å². The lowest BCUT2D eigenvalue weighted by Crippen LogP contribution is -2.47. The van der Waals surface area contributed by atoms with Crippen LogP contribution in [0.1, 0.15) is 53.9 Å². The van der Waals surface area contributed by atoms with E-state index in [1.165, 1.54) is 13.8 Å². The number of hydrogen-bond acceptors (Lipinski definition) is 4. The molecule has 0 rings (SSSR count). The number of halogens is 6. The van der Waals surface area contributed by atoms with E-state index in [-0.39, 0.29) is 6.42 Å². The molecule has 1 unspecified atom stereocenters. The zero-order valence-corrected chi connectivity index (χ0v) is 15.3. The third kappa shape index (κ3) is 7.41. The molecule has 10 heteroatoms. The molecule has 0 fully saturated rings. The number of alkyl halides is 6. The Morgan fingerprint density at radius 1 is 0.962 bits per heavy atom. The lowest BCUT2D eigenvalue weighted by molar-refractivity contribution is -0.245. The summed E-state index contributed by atoms with van der Waals surface area (Å²) in [5, 5.41) is 0. The molecule has 0 aromatic heterocycles. The number of rotatable bonds is 9. The van der Waals surface area contributed by atoms with Crippen LogP contribution in [0.5, 0.6) is 0 Å². The van der Waals surface area contributed by atoms with Crippen LogP contribution in [-0.2, 0) is 19.1 Å². The van der Waals surface area contributed by atoms with Gasteiger partial charge in [0.15, 0.2) is 6.61 Å². The first-order valence-electron chi connectivity index (χ1n) is 7.88. The summed E-state index contributed by atoms with van der Waals surface area (Å²) < 4.78 is 86.5. The van der Waals surface area contributed by atoms with Gasteiger partial charge in [-0.25, -0.2) is 8.78 Å². The Kier molecular flexibility index (Phi) is 7.99. The predicted octanol–water partition coefficient (Wildman–Crippen LogP) is 4.60. The molecule has 0 aliphatic carbocycles. The molecule has 0 saturated heterocycles. The van der Waals surface area contributed by atoms with E-state index >= 15 is 0 Å². The molecule has 0 radical (unpaired) electrons. The highest BCUT2D eigenvalue weighted by Gasteiger charge is 2.58. The van der Waals surface area contributed by atoms with E-state index in [1.54, 1.807) is 20.8 Å². The second kappa shape index (κ2) is 8.47. The van der Waals surface area contributed by atoms with Crippen molar-refractivity contribution < 1.29 is 45.4 Å². The van der Waals surface area contributed by atoms with Crippen molar-refractivity contribution in [3.8, 4) is 0 Å². The number of hydrogen-bond donors (Lipinski definition) is 0. The van der Waals surface area contributed by atoms with E-state index in [9.17, 15) is 35.9 Å². The van der Waals surface area contributed by atoms with Gasteiger partial charge in [0.05, 0.1) is 18.3 Å². The molecule has 0 heterocycles. The first-order chi connectivity index (χ1) is 11.5. The summed E-state index contributed by atoms with van der Waals surface area (Å²) >= 11 is 0. The van der Waals surface area contributed by atoms with Gasteiger partial charge in [0, 0.05) is 0 Å². The Labute approximate surface area is 148 Å². The molecule has 0 aromatic carbocycles. The fraction of sp³-hybridized carbons (Fsp3) is 0.875. The van der Waals surface area contributed by atoms with Crippen LogP contribution in [0.2, 0.25) is 0 Å². The van der Waals surface area contributed by atoms with Gasteiger partial charge in [0.2, 0.25) is 6.43 Å². The lowest BCUT2D eigenvalue weighted by atomic mass is 9.84. The number of ether oxygens (including phenoxy) is 2. The minimum atomic E-state index is -5.05. The molecule has 1 atom stereocenters. The summed E-state index contributed by atoms with van der Waals surface area (Å²) in [6, 6.07) is 0. The zero-order chi connectivity index (χ0) is 21.0. The molecule has 0 aliphatic rings. The molecule has 0 aromatic rings. The largest absolute Gasteiger partial charge is 0.460 e. The van der Waals surface area contributed by atoms with Crippen LogP contribution in [-0.4, -0.2) is 42.4 Å². The molecule has 0 aliphatic heterocycles. The van der Waals surface area contributed by atoms with Crippen molar-refractivity contribution >= 4 is 11.9 Å². The summed E-state index contributed by atoms with van der Waals surface area (Å²) in [6.07, 6.45) is -6.55. The molecule has 0 amide bonds. The number of carbonyl (C=O) groups excluding carboxylic acids is 2. The van der Waals surface area contributed by atoms with Crippen molar-refractivity contribution in [2.24, 2.45) is 5.41 Å². The van der Waals surface area contributed by atoms with E-state index in [0.29, 0.717) is 0 Å². The Bertz CT molecular complexity index is 501. The monoisotopic (exact) mass is 394 g/mol. The van der Waals surface area contributed by atoms with Crippen LogP contribution in [0.25, 0.3) is 0 Å². The molecule has 0 bridgehead atoms. The maximum atomic E-state index is 13.4. The fourth-order valence-electron chi connectivity index (χ4n) is 1.82. The first-order valence-corrected chi connectivity index (χ1v) is 7.88. The number of carbonyl (C=O) groups is 2. The van der Waals surface area contributed by atoms with Crippen LogP contribution in [0.4, 0.5) is 26.3 Å². The summed E-state index contributed by atoms with van der Waals surface area (Å²) in [5.41, 5.74) is -2.43. The van der Waals surface area contributed by atoms with Gasteiger partial charge in [-0.15, -0.1) is 0 Å². The molecule has 4 nitrogen and oxygen atoms in total. The molecule has 26 heavy (non-hydrogen) atoms. The van der Waals surface area contributed by atoms with Gasteiger partial charge in [-0.05, 0) is 34.1 Å². The van der Waals surface area contributed by atoms with Gasteiger partial charge >= 0.3 is 23.8 Å². The molecular weight excluding hydrogens is 370 g/mol. The molecular formula is C16H24F6O4. The Hall–Kier alpha value is -1.48. The first kappa shape index (κ1) is 24.5. The average Bonchev–Trinajstić information content (AvgIpc) is 2.40. The standard InChI is InChI=1S/C16H24F6O4/c1-6-14(5,8-11(23)26-13(2,3)4)12(24)25-9-16(21,22)15(19,20)7-10(17)18/h10H,6-9H2,1-5H3. The van der Waals surface area contributed by atoms with Gasteiger partial charge in [0.25, 0.3) is 0 Å². The van der Waals surface area contributed by atoms with Crippen molar-refractivity contribution in [2.75, 3.05) is 6.61 Å². The number of esters is 2. The highest BCUT2D eigenvalue weighted by Crippen LogP contribution is 2.39. The van der Waals surface area contributed by atoms with Crippen molar-refractivity contribution in [3.05, 3.63) is 0 Å². The van der Waals surface area contributed by atoms with Gasteiger partial charge in [-0.1, -0.05) is 6.92 Å². The predicted molar refractivity (Wildman–Crippen MR) is 80.3 cm³/mol. The Morgan fingerprint density at radius 3 is 1.85 bits per heavy atom. The smallest absolute Gasteiger partial charge is 0.343 e. The second-order valence-electron chi connectivity index (χ2n) is 7.26. The van der Waals surface area contributed by atoms with Gasteiger partial charge in [-0.3, -0.25) is 9.59 Å². The summed E-state index contributed by atoms with van der Waals surface area (Å²) in [6.45, 7) is 5.37. The van der Waals surface area contributed by atoms with Crippen LogP contribution in [0.3, 0.4) is 0 Å².